The van der Waals surface area contributed by atoms with Crippen LogP contribution in [0.4, 0.5) is 16.0 Å². The van der Waals surface area contributed by atoms with E-state index in [0.717, 1.165) is 25.7 Å². The van der Waals surface area contributed by atoms with Crippen molar-refractivity contribution in [3.63, 3.8) is 0 Å². The highest BCUT2D eigenvalue weighted by molar-refractivity contribution is 7.90. The van der Waals surface area contributed by atoms with Crippen LogP contribution < -0.4 is 20.1 Å². The molecule has 3 N–H and O–H groups in total. The highest BCUT2D eigenvalue weighted by atomic mass is 32.2. The normalized spacial score (nSPS) is 18.1. The maximum Gasteiger partial charge on any atom is 0.281 e. The van der Waals surface area contributed by atoms with Gasteiger partial charge in [-0.2, -0.15) is 8.42 Å². The van der Waals surface area contributed by atoms with Crippen LogP contribution in [0.25, 0.3) is 11.3 Å². The van der Waals surface area contributed by atoms with Crippen molar-refractivity contribution in [2.24, 2.45) is 11.8 Å². The molecular weight excluding hydrogens is 533 g/mol. The van der Waals surface area contributed by atoms with Gasteiger partial charge in [0, 0.05) is 23.7 Å². The van der Waals surface area contributed by atoms with Crippen molar-refractivity contribution in [1.82, 2.24) is 14.7 Å². The van der Waals surface area contributed by atoms with Gasteiger partial charge in [-0.15, -0.1) is 0 Å². The predicted octanol–water partition coefficient (Wildman–Crippen LogP) is 4.79. The van der Waals surface area contributed by atoms with Crippen molar-refractivity contribution < 1.29 is 22.3 Å². The van der Waals surface area contributed by atoms with Crippen molar-refractivity contribution in [3.05, 3.63) is 59.9 Å². The average molecular weight is 568 g/mol. The number of carbonyl (C=O) groups is 1. The van der Waals surface area contributed by atoms with Crippen molar-refractivity contribution in [2.75, 3.05) is 23.8 Å². The van der Waals surface area contributed by atoms with E-state index in [4.69, 9.17) is 15.5 Å². The fourth-order valence-corrected chi connectivity index (χ4v) is 6.50. The van der Waals surface area contributed by atoms with Gasteiger partial charge in [0.2, 0.25) is 0 Å². The number of nitrogen functional groups attached to an aromatic ring is 1. The Morgan fingerprint density at radius 2 is 1.98 bits per heavy atom. The van der Waals surface area contributed by atoms with Gasteiger partial charge in [0.25, 0.3) is 15.9 Å². The first kappa shape index (κ1) is 27.8. The van der Waals surface area contributed by atoms with Gasteiger partial charge in [0.1, 0.15) is 23.2 Å². The molecule has 2 aromatic heterocycles. The van der Waals surface area contributed by atoms with Crippen LogP contribution >= 0.6 is 0 Å². The molecule has 2 aliphatic rings. The topological polar surface area (TPSA) is 128 Å². The Hall–Kier alpha value is -3.73. The van der Waals surface area contributed by atoms with Crippen molar-refractivity contribution in [3.8, 4) is 17.0 Å². The number of hydrogen-bond acceptors (Lipinski definition) is 8. The number of anilines is 2. The first-order valence-electron chi connectivity index (χ1n) is 13.5. The monoisotopic (exact) mass is 567 g/mol. The Balaban J connectivity index is 1.55. The van der Waals surface area contributed by atoms with Gasteiger partial charge in [-0.25, -0.2) is 19.1 Å². The zero-order valence-electron chi connectivity index (χ0n) is 22.9. The summed E-state index contributed by atoms with van der Waals surface area (Å²) in [6.45, 7) is 7.28. The quantitative estimate of drug-likeness (QED) is 0.398. The van der Waals surface area contributed by atoms with Crippen LogP contribution in [0.3, 0.4) is 0 Å². The van der Waals surface area contributed by atoms with E-state index in [1.54, 1.807) is 18.2 Å². The van der Waals surface area contributed by atoms with Gasteiger partial charge in [-0.3, -0.25) is 4.79 Å². The van der Waals surface area contributed by atoms with Crippen LogP contribution in [-0.4, -0.2) is 43.0 Å². The lowest BCUT2D eigenvalue weighted by molar-refractivity contribution is 0.0981. The minimum atomic E-state index is -4.29. The summed E-state index contributed by atoms with van der Waals surface area (Å²) in [5.74, 6) is 0.131. The zero-order valence-corrected chi connectivity index (χ0v) is 23.7. The standard InChI is InChI=1S/C29H34FN5O4S/c1-18(2)17-39-22-13-20(12-21(30)14-22)24-9-8-23(27(32-24)35-16-19(3)15-29(35)10-5-11-29)28(36)34-40(37,38)26-7-4-6-25(31)33-26/h4,6-9,12-14,18-19H,5,10-11,15-17H2,1-3H3,(H2,31,33)(H,34,36). The molecule has 0 bridgehead atoms. The molecule has 1 unspecified atom stereocenters. The SMILES string of the molecule is CC(C)COc1cc(F)cc(-c2ccc(C(=O)NS(=O)(=O)c3cccc(N)n3)c(N3CC(C)CC34CCC4)n2)c1. The number of sulfonamides is 1. The lowest BCUT2D eigenvalue weighted by Crippen LogP contribution is -2.50. The summed E-state index contributed by atoms with van der Waals surface area (Å²) in [6.07, 6.45) is 3.95. The lowest BCUT2D eigenvalue weighted by atomic mass is 9.73. The molecule has 212 valence electrons. The molecule has 40 heavy (non-hydrogen) atoms. The number of aromatic nitrogens is 2. The molecule has 1 atom stereocenters. The highest BCUT2D eigenvalue weighted by Crippen LogP contribution is 2.49. The number of rotatable bonds is 8. The lowest BCUT2D eigenvalue weighted by Gasteiger charge is -2.47. The minimum absolute atomic E-state index is 0.0202. The second kappa shape index (κ2) is 10.7. The van der Waals surface area contributed by atoms with Crippen LogP contribution in [0.2, 0.25) is 0 Å². The van der Waals surface area contributed by atoms with Gasteiger partial charge in [-0.1, -0.05) is 26.8 Å². The van der Waals surface area contributed by atoms with E-state index < -0.39 is 21.7 Å². The first-order valence-corrected chi connectivity index (χ1v) is 15.0. The van der Waals surface area contributed by atoms with Crippen LogP contribution in [-0.2, 0) is 10.0 Å². The largest absolute Gasteiger partial charge is 0.493 e. The maximum atomic E-state index is 14.6. The molecule has 5 rings (SSSR count). The Bertz CT molecular complexity index is 1540. The summed E-state index contributed by atoms with van der Waals surface area (Å²) in [7, 11) is -4.29. The number of amides is 1. The molecule has 1 amide bonds. The summed E-state index contributed by atoms with van der Waals surface area (Å²) in [5.41, 5.74) is 6.58. The number of hydrogen-bond donors (Lipinski definition) is 2. The van der Waals surface area contributed by atoms with Crippen LogP contribution in [0, 0.1) is 17.7 Å². The van der Waals surface area contributed by atoms with E-state index in [-0.39, 0.29) is 27.9 Å². The molecule has 1 aliphatic carbocycles. The van der Waals surface area contributed by atoms with Crippen LogP contribution in [0.1, 0.15) is 56.8 Å². The molecule has 1 saturated heterocycles. The van der Waals surface area contributed by atoms with Crippen molar-refractivity contribution in [2.45, 2.75) is 57.0 Å². The summed E-state index contributed by atoms with van der Waals surface area (Å²) >= 11 is 0. The molecule has 9 nitrogen and oxygen atoms in total. The van der Waals surface area contributed by atoms with E-state index in [9.17, 15) is 17.6 Å². The first-order chi connectivity index (χ1) is 19.0. The molecule has 11 heteroatoms. The van der Waals surface area contributed by atoms with E-state index >= 15 is 0 Å². The smallest absolute Gasteiger partial charge is 0.281 e. The van der Waals surface area contributed by atoms with Gasteiger partial charge in [0.15, 0.2) is 5.03 Å². The zero-order chi connectivity index (χ0) is 28.7. The number of nitrogens with two attached hydrogens (primary N) is 1. The third-order valence-electron chi connectivity index (χ3n) is 7.45. The number of nitrogens with one attached hydrogen (secondary N) is 1. The van der Waals surface area contributed by atoms with E-state index in [1.165, 1.54) is 30.3 Å². The molecular formula is C29H34FN5O4S. The molecule has 1 aromatic carbocycles. The van der Waals surface area contributed by atoms with Crippen molar-refractivity contribution >= 4 is 27.6 Å². The van der Waals surface area contributed by atoms with E-state index in [2.05, 4.69) is 21.5 Å². The molecule has 1 spiro atoms. The molecule has 2 fully saturated rings. The predicted molar refractivity (Wildman–Crippen MR) is 151 cm³/mol. The molecule has 3 aromatic rings. The Kier molecular flexibility index (Phi) is 7.43. The Morgan fingerprint density at radius 3 is 2.65 bits per heavy atom. The second-order valence-electron chi connectivity index (χ2n) is 11.3. The molecule has 1 saturated carbocycles. The van der Waals surface area contributed by atoms with Crippen molar-refractivity contribution in [1.29, 1.82) is 0 Å². The maximum absolute atomic E-state index is 14.6. The third-order valence-corrected chi connectivity index (χ3v) is 8.68. The van der Waals surface area contributed by atoms with Gasteiger partial charge >= 0.3 is 0 Å². The highest BCUT2D eigenvalue weighted by Gasteiger charge is 2.49. The average Bonchev–Trinajstić information content (AvgIpc) is 3.24. The van der Waals surface area contributed by atoms with E-state index in [1.807, 2.05) is 13.8 Å². The number of ether oxygens (including phenoxy) is 1. The summed E-state index contributed by atoms with van der Waals surface area (Å²) < 4.78 is 48.4. The summed E-state index contributed by atoms with van der Waals surface area (Å²) in [4.78, 5) is 24.4. The third kappa shape index (κ3) is 5.60. The van der Waals surface area contributed by atoms with Crippen LogP contribution in [0.5, 0.6) is 5.75 Å². The number of pyridine rings is 2. The van der Waals surface area contributed by atoms with Gasteiger partial charge in [0.05, 0.1) is 17.9 Å². The van der Waals surface area contributed by atoms with Crippen LogP contribution in [0.15, 0.2) is 53.6 Å². The number of carbonyl (C=O) groups excluding carboxylic acids is 1. The second-order valence-corrected chi connectivity index (χ2v) is 12.9. The summed E-state index contributed by atoms with van der Waals surface area (Å²) in [5, 5.41) is -0.356. The van der Waals surface area contributed by atoms with Gasteiger partial charge < -0.3 is 15.4 Å². The molecule has 1 aliphatic heterocycles. The number of benzene rings is 1. The van der Waals surface area contributed by atoms with Gasteiger partial charge in [-0.05, 0) is 73.9 Å². The fraction of sp³-hybridized carbons (Fsp3) is 0.414. The molecule has 0 radical (unpaired) electrons. The van der Waals surface area contributed by atoms with E-state index in [0.29, 0.717) is 41.9 Å². The number of nitrogens with zero attached hydrogens (tertiary/aromatic N) is 3. The molecule has 3 heterocycles. The fourth-order valence-electron chi connectivity index (χ4n) is 5.56. The summed E-state index contributed by atoms with van der Waals surface area (Å²) in [6, 6.07) is 11.7. The Morgan fingerprint density at radius 1 is 1.20 bits per heavy atom. The minimum Gasteiger partial charge on any atom is -0.493 e. The Labute approximate surface area is 234 Å². The number of halogens is 1.